The summed E-state index contributed by atoms with van der Waals surface area (Å²) >= 11 is 0. The Bertz CT molecular complexity index is 1020. The smallest absolute Gasteiger partial charge is 0.276 e. The van der Waals surface area contributed by atoms with Crippen molar-refractivity contribution >= 4 is 21.6 Å². The number of ether oxygens (including phenoxy) is 2. The molecule has 0 aliphatic rings. The monoisotopic (exact) mass is 423 g/mol. The Morgan fingerprint density at radius 1 is 1.14 bits per heavy atom. The topological polar surface area (TPSA) is 137 Å². The Hall–Kier alpha value is -3.18. The number of hydrogen-bond donors (Lipinski definition) is 2. The van der Waals surface area contributed by atoms with Crippen LogP contribution in [0.15, 0.2) is 41.3 Å². The average Bonchev–Trinajstić information content (AvgIpc) is 2.73. The molecular weight excluding hydrogens is 402 g/mol. The zero-order valence-corrected chi connectivity index (χ0v) is 16.9. The number of amides is 1. The first kappa shape index (κ1) is 22.1. The summed E-state index contributed by atoms with van der Waals surface area (Å²) in [4.78, 5) is 23.1. The zero-order valence-electron chi connectivity index (χ0n) is 16.1. The van der Waals surface area contributed by atoms with E-state index in [1.54, 1.807) is 0 Å². The van der Waals surface area contributed by atoms with Crippen LogP contribution < -0.4 is 19.5 Å². The molecule has 0 saturated carbocycles. The molecule has 2 N–H and O–H groups in total. The summed E-state index contributed by atoms with van der Waals surface area (Å²) in [5.74, 6) is 0.0697. The van der Waals surface area contributed by atoms with Gasteiger partial charge in [0.15, 0.2) is 11.5 Å². The van der Waals surface area contributed by atoms with E-state index < -0.39 is 20.9 Å². The highest BCUT2D eigenvalue weighted by Gasteiger charge is 2.20. The molecule has 1 amide bonds. The van der Waals surface area contributed by atoms with Crippen LogP contribution in [-0.2, 0) is 16.4 Å². The Balaban J connectivity index is 2.15. The molecule has 0 aliphatic heterocycles. The first-order valence-corrected chi connectivity index (χ1v) is 9.93. The maximum absolute atomic E-state index is 12.3. The van der Waals surface area contributed by atoms with Crippen LogP contribution in [0, 0.1) is 10.1 Å². The van der Waals surface area contributed by atoms with Crippen molar-refractivity contribution in [1.82, 2.24) is 10.0 Å². The van der Waals surface area contributed by atoms with Crippen LogP contribution in [0.3, 0.4) is 0 Å². The van der Waals surface area contributed by atoms with E-state index in [0.717, 1.165) is 0 Å². The van der Waals surface area contributed by atoms with Gasteiger partial charge in [0.2, 0.25) is 10.0 Å². The van der Waals surface area contributed by atoms with Crippen LogP contribution in [0.25, 0.3) is 0 Å². The predicted octanol–water partition coefficient (Wildman–Crippen LogP) is 1.49. The normalized spacial score (nSPS) is 11.0. The number of methoxy groups -OCH3 is 2. The average molecular weight is 423 g/mol. The van der Waals surface area contributed by atoms with Crippen molar-refractivity contribution in [3.63, 3.8) is 0 Å². The van der Waals surface area contributed by atoms with Crippen molar-refractivity contribution in [1.29, 1.82) is 0 Å². The van der Waals surface area contributed by atoms with Crippen molar-refractivity contribution in [2.75, 3.05) is 27.8 Å². The van der Waals surface area contributed by atoms with Gasteiger partial charge in [-0.1, -0.05) is 6.07 Å². The number of sulfonamides is 1. The number of carbonyl (C=O) groups excluding carboxylic acids is 1. The van der Waals surface area contributed by atoms with Crippen molar-refractivity contribution in [2.24, 2.45) is 0 Å². The quantitative estimate of drug-likeness (QED) is 0.460. The third-order valence-electron chi connectivity index (χ3n) is 4.14. The summed E-state index contributed by atoms with van der Waals surface area (Å²) in [5, 5.41) is 14.0. The molecule has 2 aromatic carbocycles. The van der Waals surface area contributed by atoms with E-state index in [2.05, 4.69) is 10.0 Å². The molecule has 0 bridgehead atoms. The third-order valence-corrected chi connectivity index (χ3v) is 5.55. The second kappa shape index (κ2) is 9.34. The molecule has 29 heavy (non-hydrogen) atoms. The highest BCUT2D eigenvalue weighted by Crippen LogP contribution is 2.34. The Kier molecular flexibility index (Phi) is 7.13. The number of hydrogen-bond acceptors (Lipinski definition) is 7. The SMILES string of the molecule is CNS(=O)(=O)c1cccc(C(=O)NCCc2cc(OC)c(OC)cc2[N+](=O)[O-])c1. The molecule has 0 radical (unpaired) electrons. The molecule has 156 valence electrons. The van der Waals surface area contributed by atoms with Gasteiger partial charge in [-0.05, 0) is 37.7 Å². The minimum atomic E-state index is -3.68. The van der Waals surface area contributed by atoms with E-state index in [1.165, 1.54) is 57.7 Å². The molecule has 0 unspecified atom stereocenters. The summed E-state index contributed by atoms with van der Waals surface area (Å²) in [6.45, 7) is 0.0954. The molecule has 0 saturated heterocycles. The molecule has 2 rings (SSSR count). The Labute approximate surface area is 168 Å². The van der Waals surface area contributed by atoms with E-state index in [-0.39, 0.29) is 34.9 Å². The summed E-state index contributed by atoms with van der Waals surface area (Å²) in [6.07, 6.45) is 0.164. The maximum atomic E-state index is 12.3. The number of carbonyl (C=O) groups is 1. The molecule has 0 fully saturated rings. The first-order valence-electron chi connectivity index (χ1n) is 8.44. The van der Waals surface area contributed by atoms with Gasteiger partial charge in [-0.2, -0.15) is 0 Å². The van der Waals surface area contributed by atoms with E-state index in [4.69, 9.17) is 9.47 Å². The first-order chi connectivity index (χ1) is 13.7. The fourth-order valence-electron chi connectivity index (χ4n) is 2.62. The van der Waals surface area contributed by atoms with Gasteiger partial charge >= 0.3 is 0 Å². The molecule has 0 heterocycles. The van der Waals surface area contributed by atoms with Crippen molar-refractivity contribution < 1.29 is 27.6 Å². The summed E-state index contributed by atoms with van der Waals surface area (Å²) in [5.41, 5.74) is 0.363. The standard InChI is InChI=1S/C18H21N3O7S/c1-19-29(25,26)14-6-4-5-13(9-14)18(22)20-8-7-12-10-16(27-2)17(28-3)11-15(12)21(23)24/h4-6,9-11,19H,7-8H2,1-3H3,(H,20,22). The summed E-state index contributed by atoms with van der Waals surface area (Å²) < 4.78 is 36.1. The summed E-state index contributed by atoms with van der Waals surface area (Å²) in [6, 6.07) is 8.31. The fraction of sp³-hybridized carbons (Fsp3) is 0.278. The van der Waals surface area contributed by atoms with Crippen LogP contribution in [0.1, 0.15) is 15.9 Å². The van der Waals surface area contributed by atoms with E-state index in [9.17, 15) is 23.3 Å². The predicted molar refractivity (Wildman–Crippen MR) is 105 cm³/mol. The second-order valence-corrected chi connectivity index (χ2v) is 7.72. The Morgan fingerprint density at radius 3 is 2.38 bits per heavy atom. The highest BCUT2D eigenvalue weighted by atomic mass is 32.2. The van der Waals surface area contributed by atoms with Gasteiger partial charge in [0.05, 0.1) is 30.1 Å². The van der Waals surface area contributed by atoms with Crippen molar-refractivity contribution in [3.05, 3.63) is 57.6 Å². The molecule has 0 aliphatic carbocycles. The fourth-order valence-corrected chi connectivity index (χ4v) is 3.39. The minimum Gasteiger partial charge on any atom is -0.493 e. The van der Waals surface area contributed by atoms with Gasteiger partial charge < -0.3 is 14.8 Å². The molecule has 2 aromatic rings. The van der Waals surface area contributed by atoms with Crippen LogP contribution in [-0.4, -0.2) is 47.1 Å². The molecule has 0 atom stereocenters. The lowest BCUT2D eigenvalue weighted by atomic mass is 10.1. The Morgan fingerprint density at radius 2 is 1.79 bits per heavy atom. The maximum Gasteiger partial charge on any atom is 0.276 e. The lowest BCUT2D eigenvalue weighted by Crippen LogP contribution is -2.26. The van der Waals surface area contributed by atoms with Crippen LogP contribution in [0.5, 0.6) is 11.5 Å². The lowest BCUT2D eigenvalue weighted by molar-refractivity contribution is -0.385. The molecular formula is C18H21N3O7S. The minimum absolute atomic E-state index is 0.0387. The third kappa shape index (κ3) is 5.21. The van der Waals surface area contributed by atoms with Gasteiger partial charge in [-0.15, -0.1) is 0 Å². The van der Waals surface area contributed by atoms with Crippen LogP contribution in [0.4, 0.5) is 5.69 Å². The van der Waals surface area contributed by atoms with Crippen LogP contribution in [0.2, 0.25) is 0 Å². The highest BCUT2D eigenvalue weighted by molar-refractivity contribution is 7.89. The molecule has 0 spiro atoms. The van der Waals surface area contributed by atoms with Crippen molar-refractivity contribution in [2.45, 2.75) is 11.3 Å². The number of nitro groups is 1. The van der Waals surface area contributed by atoms with Gasteiger partial charge in [-0.25, -0.2) is 13.1 Å². The van der Waals surface area contributed by atoms with E-state index in [0.29, 0.717) is 11.3 Å². The zero-order chi connectivity index (χ0) is 21.6. The van der Waals surface area contributed by atoms with Gasteiger partial charge in [0, 0.05) is 17.7 Å². The van der Waals surface area contributed by atoms with Crippen molar-refractivity contribution in [3.8, 4) is 11.5 Å². The van der Waals surface area contributed by atoms with E-state index >= 15 is 0 Å². The molecule has 0 aromatic heterocycles. The van der Waals surface area contributed by atoms with Gasteiger partial charge in [-0.3, -0.25) is 14.9 Å². The molecule has 11 heteroatoms. The van der Waals surface area contributed by atoms with Gasteiger partial charge in [0.25, 0.3) is 11.6 Å². The van der Waals surface area contributed by atoms with E-state index in [1.807, 2.05) is 0 Å². The largest absolute Gasteiger partial charge is 0.493 e. The lowest BCUT2D eigenvalue weighted by Gasteiger charge is -2.11. The number of nitrogens with zero attached hydrogens (tertiary/aromatic N) is 1. The second-order valence-electron chi connectivity index (χ2n) is 5.83. The number of benzene rings is 2. The number of rotatable bonds is 9. The summed E-state index contributed by atoms with van der Waals surface area (Å²) in [7, 11) is 0.395. The number of nitrogens with one attached hydrogen (secondary N) is 2. The molecule has 10 nitrogen and oxygen atoms in total. The van der Waals surface area contributed by atoms with Gasteiger partial charge in [0.1, 0.15) is 0 Å². The number of nitro benzene ring substituents is 1. The van der Waals surface area contributed by atoms with Crippen LogP contribution >= 0.6 is 0 Å².